The highest BCUT2D eigenvalue weighted by molar-refractivity contribution is 6.31. The Bertz CT molecular complexity index is 455. The lowest BCUT2D eigenvalue weighted by atomic mass is 9.68. The van der Waals surface area contributed by atoms with Crippen LogP contribution in [0.2, 0.25) is 5.02 Å². The zero-order valence-electron chi connectivity index (χ0n) is 10.9. The van der Waals surface area contributed by atoms with Crippen LogP contribution in [0.5, 0.6) is 5.75 Å². The van der Waals surface area contributed by atoms with Crippen LogP contribution < -0.4 is 10.5 Å². The molecule has 1 aliphatic rings. The van der Waals surface area contributed by atoms with Gasteiger partial charge in [-0.1, -0.05) is 17.7 Å². The molecule has 2 N–H and O–H groups in total. The first-order valence-corrected chi connectivity index (χ1v) is 6.73. The summed E-state index contributed by atoms with van der Waals surface area (Å²) in [7, 11) is 1.55. The van der Waals surface area contributed by atoms with E-state index in [4.69, 9.17) is 22.1 Å². The fourth-order valence-electron chi connectivity index (χ4n) is 2.84. The molecular formula is C14H18ClF2NO. The lowest BCUT2D eigenvalue weighted by Crippen LogP contribution is -2.42. The monoisotopic (exact) mass is 289 g/mol. The summed E-state index contributed by atoms with van der Waals surface area (Å²) < 4.78 is 32.1. The summed E-state index contributed by atoms with van der Waals surface area (Å²) >= 11 is 6.26. The molecule has 5 heteroatoms. The van der Waals surface area contributed by atoms with E-state index in [1.165, 1.54) is 0 Å². The van der Waals surface area contributed by atoms with Crippen LogP contribution in [0.3, 0.4) is 0 Å². The minimum absolute atomic E-state index is 0.154. The van der Waals surface area contributed by atoms with Crippen molar-refractivity contribution < 1.29 is 13.5 Å². The highest BCUT2D eigenvalue weighted by Crippen LogP contribution is 2.49. The zero-order chi connectivity index (χ0) is 14.1. The van der Waals surface area contributed by atoms with Crippen LogP contribution in [0.1, 0.15) is 31.2 Å². The van der Waals surface area contributed by atoms with Crippen molar-refractivity contribution in [3.63, 3.8) is 0 Å². The van der Waals surface area contributed by atoms with Crippen LogP contribution in [0, 0.1) is 0 Å². The number of alkyl halides is 2. The van der Waals surface area contributed by atoms with Gasteiger partial charge in [0.1, 0.15) is 5.75 Å². The molecule has 0 spiro atoms. The SMILES string of the molecule is COc1cccc(Cl)c1C1(CN)CCC(F)(F)CC1. The molecule has 0 aromatic heterocycles. The predicted molar refractivity (Wildman–Crippen MR) is 72.2 cm³/mol. The standard InChI is InChI=1S/C14H18ClF2NO/c1-19-11-4-2-3-10(15)12(11)13(9-18)5-7-14(16,17)8-6-13/h2-4H,5-9,18H2,1H3. The molecule has 1 fully saturated rings. The molecule has 2 rings (SSSR count). The van der Waals surface area contributed by atoms with Crippen LogP contribution in [0.4, 0.5) is 8.78 Å². The van der Waals surface area contributed by atoms with Gasteiger partial charge in [0.05, 0.1) is 7.11 Å². The minimum Gasteiger partial charge on any atom is -0.496 e. The van der Waals surface area contributed by atoms with E-state index in [1.807, 2.05) is 0 Å². The molecule has 0 radical (unpaired) electrons. The number of halogens is 3. The van der Waals surface area contributed by atoms with Crippen LogP contribution in [0.15, 0.2) is 18.2 Å². The Kier molecular flexibility index (Phi) is 4.02. The molecule has 1 saturated carbocycles. The lowest BCUT2D eigenvalue weighted by molar-refractivity contribution is -0.0511. The normalized spacial score (nSPS) is 21.1. The topological polar surface area (TPSA) is 35.2 Å². The summed E-state index contributed by atoms with van der Waals surface area (Å²) in [6.07, 6.45) is 0.352. The van der Waals surface area contributed by atoms with E-state index in [-0.39, 0.29) is 12.8 Å². The second kappa shape index (κ2) is 5.25. The summed E-state index contributed by atoms with van der Waals surface area (Å²) in [6, 6.07) is 5.33. The zero-order valence-corrected chi connectivity index (χ0v) is 11.6. The maximum Gasteiger partial charge on any atom is 0.248 e. The highest BCUT2D eigenvalue weighted by Gasteiger charge is 2.45. The van der Waals surface area contributed by atoms with Crippen LogP contribution in [-0.2, 0) is 5.41 Å². The van der Waals surface area contributed by atoms with Gasteiger partial charge in [0.25, 0.3) is 0 Å². The fourth-order valence-corrected chi connectivity index (χ4v) is 3.21. The van der Waals surface area contributed by atoms with E-state index in [1.54, 1.807) is 25.3 Å². The van der Waals surface area contributed by atoms with Gasteiger partial charge in [-0.05, 0) is 25.0 Å². The Balaban J connectivity index is 2.43. The van der Waals surface area contributed by atoms with Crippen molar-refractivity contribution in [1.82, 2.24) is 0 Å². The van der Waals surface area contributed by atoms with Gasteiger partial charge in [0.2, 0.25) is 5.92 Å². The van der Waals surface area contributed by atoms with Crippen molar-refractivity contribution in [2.24, 2.45) is 5.73 Å². The van der Waals surface area contributed by atoms with E-state index in [0.717, 1.165) is 5.56 Å². The molecule has 1 aliphatic carbocycles. The Morgan fingerprint density at radius 3 is 2.42 bits per heavy atom. The molecule has 0 unspecified atom stereocenters. The maximum absolute atomic E-state index is 13.4. The molecule has 1 aromatic carbocycles. The van der Waals surface area contributed by atoms with E-state index in [9.17, 15) is 8.78 Å². The number of hydrogen-bond donors (Lipinski definition) is 1. The van der Waals surface area contributed by atoms with Gasteiger partial charge in [-0.25, -0.2) is 8.78 Å². The van der Waals surface area contributed by atoms with Gasteiger partial charge in [-0.2, -0.15) is 0 Å². The summed E-state index contributed by atoms with van der Waals surface area (Å²) in [6.45, 7) is 0.295. The van der Waals surface area contributed by atoms with Crippen LogP contribution in [-0.4, -0.2) is 19.6 Å². The van der Waals surface area contributed by atoms with Crippen molar-refractivity contribution in [2.75, 3.05) is 13.7 Å². The van der Waals surface area contributed by atoms with Crippen molar-refractivity contribution in [3.05, 3.63) is 28.8 Å². The largest absolute Gasteiger partial charge is 0.496 e. The summed E-state index contributed by atoms with van der Waals surface area (Å²) in [4.78, 5) is 0. The molecule has 0 aliphatic heterocycles. The molecule has 0 saturated heterocycles. The molecule has 0 amide bonds. The van der Waals surface area contributed by atoms with Gasteiger partial charge < -0.3 is 10.5 Å². The number of nitrogens with two attached hydrogens (primary N) is 1. The highest BCUT2D eigenvalue weighted by atomic mass is 35.5. The molecule has 106 valence electrons. The molecule has 0 heterocycles. The third-order valence-corrected chi connectivity index (χ3v) is 4.37. The molecule has 2 nitrogen and oxygen atoms in total. The lowest BCUT2D eigenvalue weighted by Gasteiger charge is -2.40. The smallest absolute Gasteiger partial charge is 0.248 e. The first-order valence-electron chi connectivity index (χ1n) is 6.35. The van der Waals surface area contributed by atoms with Crippen molar-refractivity contribution in [3.8, 4) is 5.75 Å². The van der Waals surface area contributed by atoms with Gasteiger partial charge in [0.15, 0.2) is 0 Å². The first kappa shape index (κ1) is 14.5. The van der Waals surface area contributed by atoms with Crippen molar-refractivity contribution >= 4 is 11.6 Å². The minimum atomic E-state index is -2.59. The van der Waals surface area contributed by atoms with E-state index in [0.29, 0.717) is 30.2 Å². The average Bonchev–Trinajstić information content (AvgIpc) is 2.40. The Morgan fingerprint density at radius 1 is 1.26 bits per heavy atom. The van der Waals surface area contributed by atoms with Gasteiger partial charge >= 0.3 is 0 Å². The summed E-state index contributed by atoms with van der Waals surface area (Å²) in [5, 5.41) is 0.537. The number of benzene rings is 1. The summed E-state index contributed by atoms with van der Waals surface area (Å²) in [5.74, 6) is -1.96. The van der Waals surface area contributed by atoms with Crippen molar-refractivity contribution in [2.45, 2.75) is 37.0 Å². The Labute approximate surface area is 116 Å². The van der Waals surface area contributed by atoms with Gasteiger partial charge in [0, 0.05) is 35.4 Å². The second-order valence-corrected chi connectivity index (χ2v) is 5.56. The van der Waals surface area contributed by atoms with E-state index in [2.05, 4.69) is 0 Å². The van der Waals surface area contributed by atoms with Gasteiger partial charge in [-0.3, -0.25) is 0 Å². The predicted octanol–water partition coefficient (Wildman–Crippen LogP) is 3.75. The Hall–Kier alpha value is -0.870. The molecule has 0 atom stereocenters. The number of methoxy groups -OCH3 is 1. The molecular weight excluding hydrogens is 272 g/mol. The van der Waals surface area contributed by atoms with E-state index < -0.39 is 11.3 Å². The molecule has 0 bridgehead atoms. The quantitative estimate of drug-likeness (QED) is 0.920. The third-order valence-electron chi connectivity index (χ3n) is 4.05. The molecule has 19 heavy (non-hydrogen) atoms. The fraction of sp³-hybridized carbons (Fsp3) is 0.571. The third kappa shape index (κ3) is 2.70. The van der Waals surface area contributed by atoms with Crippen LogP contribution >= 0.6 is 11.6 Å². The number of rotatable bonds is 3. The number of ether oxygens (including phenoxy) is 1. The molecule has 1 aromatic rings. The van der Waals surface area contributed by atoms with Crippen LogP contribution in [0.25, 0.3) is 0 Å². The Morgan fingerprint density at radius 2 is 1.89 bits per heavy atom. The maximum atomic E-state index is 13.4. The van der Waals surface area contributed by atoms with Crippen molar-refractivity contribution in [1.29, 1.82) is 0 Å². The summed E-state index contributed by atoms with van der Waals surface area (Å²) in [5.41, 5.74) is 6.16. The van der Waals surface area contributed by atoms with Gasteiger partial charge in [-0.15, -0.1) is 0 Å². The second-order valence-electron chi connectivity index (χ2n) is 5.16. The van der Waals surface area contributed by atoms with E-state index >= 15 is 0 Å². The first-order chi connectivity index (χ1) is 8.94. The average molecular weight is 290 g/mol. The number of hydrogen-bond acceptors (Lipinski definition) is 2.